The maximum atomic E-state index is 4.51. The summed E-state index contributed by atoms with van der Waals surface area (Å²) in [6, 6.07) is 0.575. The molecule has 0 atom stereocenters. The molecule has 0 bridgehead atoms. The molecule has 0 radical (unpaired) electrons. The SMILES string of the molecule is CCCC1CCC(Nc2nc(NC)ncc2C)CC1. The molecule has 0 aromatic carbocycles. The third-order valence-electron chi connectivity index (χ3n) is 4.08. The Morgan fingerprint density at radius 1 is 1.26 bits per heavy atom. The molecule has 1 heterocycles. The second-order valence-electron chi connectivity index (χ2n) is 5.63. The normalized spacial score (nSPS) is 23.1. The van der Waals surface area contributed by atoms with Gasteiger partial charge in [0.15, 0.2) is 0 Å². The van der Waals surface area contributed by atoms with E-state index in [0.29, 0.717) is 12.0 Å². The number of aromatic nitrogens is 2. The zero-order chi connectivity index (χ0) is 13.7. The van der Waals surface area contributed by atoms with Gasteiger partial charge in [-0.05, 0) is 38.5 Å². The van der Waals surface area contributed by atoms with Crippen LogP contribution < -0.4 is 10.6 Å². The second kappa shape index (κ2) is 6.73. The van der Waals surface area contributed by atoms with Crippen LogP contribution in [0.4, 0.5) is 11.8 Å². The molecule has 0 unspecified atom stereocenters. The third kappa shape index (κ3) is 3.82. The molecular weight excluding hydrogens is 236 g/mol. The molecule has 19 heavy (non-hydrogen) atoms. The van der Waals surface area contributed by atoms with Crippen LogP contribution in [0, 0.1) is 12.8 Å². The average molecular weight is 262 g/mol. The number of nitrogens with zero attached hydrogens (tertiary/aromatic N) is 2. The molecule has 0 spiro atoms. The van der Waals surface area contributed by atoms with Crippen molar-refractivity contribution in [1.82, 2.24) is 9.97 Å². The Balaban J connectivity index is 1.91. The first-order valence-corrected chi connectivity index (χ1v) is 7.50. The van der Waals surface area contributed by atoms with Gasteiger partial charge in [-0.2, -0.15) is 4.98 Å². The number of aryl methyl sites for hydroxylation is 1. The minimum Gasteiger partial charge on any atom is -0.367 e. The van der Waals surface area contributed by atoms with Crippen LogP contribution in [0.2, 0.25) is 0 Å². The predicted molar refractivity (Wildman–Crippen MR) is 80.6 cm³/mol. The fraction of sp³-hybridized carbons (Fsp3) is 0.733. The molecule has 2 N–H and O–H groups in total. The fourth-order valence-corrected chi connectivity index (χ4v) is 2.91. The van der Waals surface area contributed by atoms with Gasteiger partial charge in [0.25, 0.3) is 0 Å². The molecule has 1 aliphatic rings. The summed E-state index contributed by atoms with van der Waals surface area (Å²) < 4.78 is 0. The maximum Gasteiger partial charge on any atom is 0.224 e. The molecule has 1 aromatic heterocycles. The predicted octanol–water partition coefficient (Wildman–Crippen LogP) is 3.60. The van der Waals surface area contributed by atoms with Gasteiger partial charge in [-0.3, -0.25) is 0 Å². The minimum absolute atomic E-state index is 0.575. The molecule has 0 saturated heterocycles. The van der Waals surface area contributed by atoms with Crippen molar-refractivity contribution in [2.75, 3.05) is 17.7 Å². The van der Waals surface area contributed by atoms with Gasteiger partial charge >= 0.3 is 0 Å². The van der Waals surface area contributed by atoms with Crippen molar-refractivity contribution in [1.29, 1.82) is 0 Å². The number of rotatable bonds is 5. The van der Waals surface area contributed by atoms with Crippen LogP contribution in [0.15, 0.2) is 6.20 Å². The van der Waals surface area contributed by atoms with Crippen molar-refractivity contribution >= 4 is 11.8 Å². The highest BCUT2D eigenvalue weighted by Gasteiger charge is 2.21. The van der Waals surface area contributed by atoms with Gasteiger partial charge in [-0.1, -0.05) is 19.8 Å². The molecule has 1 saturated carbocycles. The summed E-state index contributed by atoms with van der Waals surface area (Å²) in [5.41, 5.74) is 1.12. The van der Waals surface area contributed by atoms with Gasteiger partial charge in [-0.15, -0.1) is 0 Å². The summed E-state index contributed by atoms with van der Waals surface area (Å²) in [5, 5.41) is 6.59. The Kier molecular flexibility index (Phi) is 5.00. The Morgan fingerprint density at radius 2 is 2.00 bits per heavy atom. The van der Waals surface area contributed by atoms with E-state index in [-0.39, 0.29) is 0 Å². The summed E-state index contributed by atoms with van der Waals surface area (Å²) in [5.74, 6) is 2.62. The number of anilines is 2. The first-order chi connectivity index (χ1) is 9.22. The highest BCUT2D eigenvalue weighted by atomic mass is 15.1. The van der Waals surface area contributed by atoms with E-state index in [2.05, 4.69) is 34.4 Å². The minimum atomic E-state index is 0.575. The fourth-order valence-electron chi connectivity index (χ4n) is 2.91. The second-order valence-corrected chi connectivity index (χ2v) is 5.63. The van der Waals surface area contributed by atoms with Crippen molar-refractivity contribution < 1.29 is 0 Å². The zero-order valence-corrected chi connectivity index (χ0v) is 12.4. The Morgan fingerprint density at radius 3 is 2.63 bits per heavy atom. The smallest absolute Gasteiger partial charge is 0.224 e. The zero-order valence-electron chi connectivity index (χ0n) is 12.4. The molecule has 106 valence electrons. The number of hydrogen-bond donors (Lipinski definition) is 2. The van der Waals surface area contributed by atoms with Crippen LogP contribution in [-0.4, -0.2) is 23.1 Å². The average Bonchev–Trinajstić information content (AvgIpc) is 2.44. The molecule has 0 amide bonds. The summed E-state index contributed by atoms with van der Waals surface area (Å²) in [4.78, 5) is 8.73. The van der Waals surface area contributed by atoms with Crippen molar-refractivity contribution in [3.05, 3.63) is 11.8 Å². The molecule has 0 aliphatic heterocycles. The number of hydrogen-bond acceptors (Lipinski definition) is 4. The highest BCUT2D eigenvalue weighted by Crippen LogP contribution is 2.29. The van der Waals surface area contributed by atoms with E-state index in [1.807, 2.05) is 13.2 Å². The summed E-state index contributed by atoms with van der Waals surface area (Å²) in [6.45, 7) is 4.35. The number of nitrogens with one attached hydrogen (secondary N) is 2. The Labute approximate surface area is 116 Å². The molecule has 1 aromatic rings. The van der Waals surface area contributed by atoms with Gasteiger partial charge in [-0.25, -0.2) is 4.98 Å². The summed E-state index contributed by atoms with van der Waals surface area (Å²) in [7, 11) is 1.85. The lowest BCUT2D eigenvalue weighted by atomic mass is 9.83. The maximum absolute atomic E-state index is 4.51. The van der Waals surface area contributed by atoms with Crippen molar-refractivity contribution in [2.24, 2.45) is 5.92 Å². The van der Waals surface area contributed by atoms with E-state index in [9.17, 15) is 0 Å². The van der Waals surface area contributed by atoms with Crippen LogP contribution in [0.5, 0.6) is 0 Å². The molecular formula is C15H26N4. The third-order valence-corrected chi connectivity index (χ3v) is 4.08. The van der Waals surface area contributed by atoms with Gasteiger partial charge in [0.2, 0.25) is 5.95 Å². The van der Waals surface area contributed by atoms with Crippen molar-refractivity contribution in [3.63, 3.8) is 0 Å². The van der Waals surface area contributed by atoms with Crippen LogP contribution >= 0.6 is 0 Å². The molecule has 4 heteroatoms. The Bertz CT molecular complexity index is 397. The van der Waals surface area contributed by atoms with Crippen LogP contribution in [0.1, 0.15) is 51.0 Å². The lowest BCUT2D eigenvalue weighted by Gasteiger charge is -2.29. The highest BCUT2D eigenvalue weighted by molar-refractivity contribution is 5.46. The molecule has 1 aliphatic carbocycles. The van der Waals surface area contributed by atoms with E-state index in [1.54, 1.807) is 0 Å². The lowest BCUT2D eigenvalue weighted by molar-refractivity contribution is 0.318. The first-order valence-electron chi connectivity index (χ1n) is 7.50. The van der Waals surface area contributed by atoms with E-state index >= 15 is 0 Å². The lowest BCUT2D eigenvalue weighted by Crippen LogP contribution is -2.27. The van der Waals surface area contributed by atoms with Crippen LogP contribution in [-0.2, 0) is 0 Å². The van der Waals surface area contributed by atoms with E-state index in [0.717, 1.165) is 17.3 Å². The van der Waals surface area contributed by atoms with Crippen LogP contribution in [0.3, 0.4) is 0 Å². The van der Waals surface area contributed by atoms with Gasteiger partial charge in [0.05, 0.1) is 0 Å². The molecule has 4 nitrogen and oxygen atoms in total. The largest absolute Gasteiger partial charge is 0.367 e. The van der Waals surface area contributed by atoms with E-state index in [4.69, 9.17) is 0 Å². The standard InChI is InChI=1S/C15H26N4/c1-4-5-12-6-8-13(9-7-12)18-14-11(2)10-17-15(16-3)19-14/h10,12-13H,4-9H2,1-3H3,(H2,16,17,18,19). The molecule has 1 fully saturated rings. The van der Waals surface area contributed by atoms with Gasteiger partial charge in [0, 0.05) is 24.8 Å². The van der Waals surface area contributed by atoms with E-state index in [1.165, 1.54) is 38.5 Å². The van der Waals surface area contributed by atoms with Crippen molar-refractivity contribution in [3.8, 4) is 0 Å². The Hall–Kier alpha value is -1.32. The summed E-state index contributed by atoms with van der Waals surface area (Å²) >= 11 is 0. The monoisotopic (exact) mass is 262 g/mol. The van der Waals surface area contributed by atoms with Gasteiger partial charge in [0.1, 0.15) is 5.82 Å². The first kappa shape index (κ1) is 14.1. The quantitative estimate of drug-likeness (QED) is 0.851. The van der Waals surface area contributed by atoms with Crippen LogP contribution in [0.25, 0.3) is 0 Å². The topological polar surface area (TPSA) is 49.8 Å². The van der Waals surface area contributed by atoms with E-state index < -0.39 is 0 Å². The molecule has 2 rings (SSSR count). The van der Waals surface area contributed by atoms with Gasteiger partial charge < -0.3 is 10.6 Å². The summed E-state index contributed by atoms with van der Waals surface area (Å²) in [6.07, 6.45) is 9.83. The van der Waals surface area contributed by atoms with Crippen molar-refractivity contribution in [2.45, 2.75) is 58.4 Å².